The molecule has 0 bridgehead atoms. The lowest BCUT2D eigenvalue weighted by atomic mass is 10.2. The number of rotatable bonds is 10. The number of nitrogens with one attached hydrogen (secondary N) is 1. The van der Waals surface area contributed by atoms with Gasteiger partial charge in [0.2, 0.25) is 0 Å². The third kappa shape index (κ3) is 10.2. The van der Waals surface area contributed by atoms with Crippen molar-refractivity contribution in [1.29, 1.82) is 0 Å². The zero-order valence-electron chi connectivity index (χ0n) is 20.6. The van der Waals surface area contributed by atoms with Gasteiger partial charge in [-0.2, -0.15) is 10.2 Å². The van der Waals surface area contributed by atoms with E-state index in [1.807, 2.05) is 56.3 Å². The first kappa shape index (κ1) is 27.3. The summed E-state index contributed by atoms with van der Waals surface area (Å²) in [5.74, 6) is -0.824. The molecule has 1 aromatic carbocycles. The van der Waals surface area contributed by atoms with Crippen LogP contribution in [-0.4, -0.2) is 52.1 Å². The molecular weight excluding hydrogens is 452 g/mol. The number of methoxy groups -OCH3 is 2. The Morgan fingerprint density at radius 2 is 1.51 bits per heavy atom. The molecule has 0 aliphatic carbocycles. The first-order chi connectivity index (χ1) is 16.8. The molecule has 35 heavy (non-hydrogen) atoms. The van der Waals surface area contributed by atoms with Gasteiger partial charge in [-0.3, -0.25) is 24.2 Å². The topological polar surface area (TPSA) is 125 Å². The zero-order chi connectivity index (χ0) is 25.6. The van der Waals surface area contributed by atoms with Gasteiger partial charge in [-0.15, -0.1) is 0 Å². The van der Waals surface area contributed by atoms with Gasteiger partial charge in [0.05, 0.1) is 38.4 Å². The van der Waals surface area contributed by atoms with Crippen molar-refractivity contribution in [2.75, 3.05) is 14.2 Å². The van der Waals surface area contributed by atoms with Gasteiger partial charge in [-0.05, 0) is 31.5 Å². The van der Waals surface area contributed by atoms with E-state index in [1.165, 1.54) is 14.2 Å². The number of hydrogen-bond donors (Lipinski definition) is 1. The summed E-state index contributed by atoms with van der Waals surface area (Å²) in [6.07, 6.45) is 1.78. The molecule has 188 valence electrons. The van der Waals surface area contributed by atoms with Crippen LogP contribution in [0.3, 0.4) is 0 Å². The summed E-state index contributed by atoms with van der Waals surface area (Å²) in [6.45, 7) is 4.08. The Bertz CT molecular complexity index is 1090. The Morgan fingerprint density at radius 3 is 2.09 bits per heavy atom. The van der Waals surface area contributed by atoms with Crippen LogP contribution in [-0.2, 0) is 54.6 Å². The second-order valence-electron chi connectivity index (χ2n) is 7.78. The maximum atomic E-state index is 11.9. The maximum absolute atomic E-state index is 11.9. The van der Waals surface area contributed by atoms with Gasteiger partial charge in [-0.1, -0.05) is 30.3 Å². The Labute approximate surface area is 204 Å². The van der Waals surface area contributed by atoms with Gasteiger partial charge in [0.25, 0.3) is 0 Å². The Morgan fingerprint density at radius 1 is 0.886 bits per heavy atom. The Balaban J connectivity index is 0.000000303. The average molecular weight is 485 g/mol. The van der Waals surface area contributed by atoms with Crippen LogP contribution < -0.4 is 0 Å². The number of H-pyrrole nitrogens is 1. The number of nitrogens with zero attached hydrogens (tertiary/aromatic N) is 3. The highest BCUT2D eigenvalue weighted by atomic mass is 16.5. The van der Waals surface area contributed by atoms with Crippen molar-refractivity contribution in [2.24, 2.45) is 0 Å². The van der Waals surface area contributed by atoms with E-state index < -0.39 is 0 Å². The van der Waals surface area contributed by atoms with E-state index in [2.05, 4.69) is 24.8 Å². The molecule has 2 aromatic heterocycles. The number of carbonyl (C=O) groups excluding carboxylic acids is 3. The van der Waals surface area contributed by atoms with Crippen LogP contribution in [0.5, 0.6) is 0 Å². The van der Waals surface area contributed by atoms with E-state index in [1.54, 1.807) is 4.68 Å². The minimum atomic E-state index is -0.348. The van der Waals surface area contributed by atoms with Crippen molar-refractivity contribution in [3.8, 4) is 0 Å². The van der Waals surface area contributed by atoms with Crippen molar-refractivity contribution in [1.82, 2.24) is 20.0 Å². The fourth-order valence-corrected chi connectivity index (χ4v) is 3.03. The van der Waals surface area contributed by atoms with Gasteiger partial charge in [0.1, 0.15) is 13.2 Å². The minimum Gasteiger partial charge on any atom is -0.469 e. The van der Waals surface area contributed by atoms with E-state index in [0.29, 0.717) is 19.3 Å². The lowest BCUT2D eigenvalue weighted by Gasteiger charge is -2.06. The van der Waals surface area contributed by atoms with Gasteiger partial charge in [-0.25, -0.2) is 0 Å². The molecule has 2 heterocycles. The first-order valence-electron chi connectivity index (χ1n) is 11.2. The fourth-order valence-electron chi connectivity index (χ4n) is 3.03. The normalized spacial score (nSPS) is 10.2. The van der Waals surface area contributed by atoms with Crippen LogP contribution in [0.4, 0.5) is 0 Å². The highest BCUT2D eigenvalue weighted by Crippen LogP contribution is 2.08. The van der Waals surface area contributed by atoms with E-state index in [4.69, 9.17) is 4.74 Å². The Hall–Kier alpha value is -3.95. The van der Waals surface area contributed by atoms with Crippen LogP contribution >= 0.6 is 0 Å². The van der Waals surface area contributed by atoms with Crippen molar-refractivity contribution in [3.63, 3.8) is 0 Å². The number of aromatic amines is 1. The number of benzene rings is 1. The number of ether oxygens (including phenoxy) is 3. The van der Waals surface area contributed by atoms with Gasteiger partial charge >= 0.3 is 17.9 Å². The monoisotopic (exact) mass is 484 g/mol. The van der Waals surface area contributed by atoms with Crippen LogP contribution in [0.2, 0.25) is 0 Å². The van der Waals surface area contributed by atoms with Crippen molar-refractivity contribution in [2.45, 2.75) is 52.7 Å². The highest BCUT2D eigenvalue weighted by Gasteiger charge is 2.11. The van der Waals surface area contributed by atoms with E-state index in [9.17, 15) is 14.4 Å². The number of aromatic nitrogens is 4. The third-order valence-corrected chi connectivity index (χ3v) is 4.94. The summed E-state index contributed by atoms with van der Waals surface area (Å²) in [5, 5.41) is 11.1. The quantitative estimate of drug-likeness (QED) is 0.344. The summed E-state index contributed by atoms with van der Waals surface area (Å²) in [5.41, 5.74) is 4.45. The summed E-state index contributed by atoms with van der Waals surface area (Å²) in [4.78, 5) is 33.8. The molecule has 0 saturated carbocycles. The standard InChI is InChI=1S/C17H20N2O4.C8H12N2O2/c1-13-10-15(8-9-16(20)22-2)18-19(13)11-17(21)23-12-14-6-4-3-5-7-14;1-6-5-7(10-9-6)3-4-8(11)12-2/h3-7,10H,8-9,11-12H2,1-2H3;5H,3-4H2,1-2H3,(H,9,10). The number of hydrogen-bond acceptors (Lipinski definition) is 8. The molecule has 3 aromatic rings. The van der Waals surface area contributed by atoms with Crippen LogP contribution in [0.15, 0.2) is 42.5 Å². The summed E-state index contributed by atoms with van der Waals surface area (Å²) >= 11 is 0. The van der Waals surface area contributed by atoms with Gasteiger partial charge in [0.15, 0.2) is 0 Å². The van der Waals surface area contributed by atoms with Crippen molar-refractivity contribution >= 4 is 17.9 Å². The molecule has 0 amide bonds. The van der Waals surface area contributed by atoms with E-state index in [0.717, 1.165) is 28.3 Å². The van der Waals surface area contributed by atoms with Gasteiger partial charge in [0, 0.05) is 24.2 Å². The lowest BCUT2D eigenvalue weighted by Crippen LogP contribution is -2.15. The molecular formula is C25H32N4O6. The number of esters is 3. The lowest BCUT2D eigenvalue weighted by molar-refractivity contribution is -0.146. The van der Waals surface area contributed by atoms with Crippen molar-refractivity contribution in [3.05, 3.63) is 70.8 Å². The van der Waals surface area contributed by atoms with Crippen LogP contribution in [0, 0.1) is 13.8 Å². The van der Waals surface area contributed by atoms with E-state index >= 15 is 0 Å². The molecule has 3 rings (SSSR count). The van der Waals surface area contributed by atoms with Crippen LogP contribution in [0.25, 0.3) is 0 Å². The summed E-state index contributed by atoms with van der Waals surface area (Å²) in [7, 11) is 2.74. The average Bonchev–Trinajstić information content (AvgIpc) is 3.45. The van der Waals surface area contributed by atoms with Crippen LogP contribution in [0.1, 0.15) is 41.2 Å². The molecule has 0 fully saturated rings. The summed E-state index contributed by atoms with van der Waals surface area (Å²) in [6, 6.07) is 13.3. The first-order valence-corrected chi connectivity index (χ1v) is 11.2. The number of aryl methyl sites for hydroxylation is 4. The molecule has 10 nitrogen and oxygen atoms in total. The molecule has 0 aliphatic rings. The summed E-state index contributed by atoms with van der Waals surface area (Å²) < 4.78 is 15.9. The fraction of sp³-hybridized carbons (Fsp3) is 0.400. The predicted octanol–water partition coefficient (Wildman–Crippen LogP) is 2.86. The Kier molecular flexibility index (Phi) is 11.2. The molecule has 0 unspecified atom stereocenters. The van der Waals surface area contributed by atoms with E-state index in [-0.39, 0.29) is 37.5 Å². The highest BCUT2D eigenvalue weighted by molar-refractivity contribution is 5.70. The second-order valence-corrected chi connectivity index (χ2v) is 7.78. The minimum absolute atomic E-state index is 0.0525. The second kappa shape index (κ2) is 14.3. The molecule has 0 atom stereocenters. The molecule has 10 heteroatoms. The third-order valence-electron chi connectivity index (χ3n) is 4.94. The SMILES string of the molecule is COC(=O)CCc1cc(C)[nH]n1.COC(=O)CCc1cc(C)n(CC(=O)OCc2ccccc2)n1. The molecule has 0 aliphatic heterocycles. The zero-order valence-corrected chi connectivity index (χ0v) is 20.6. The predicted molar refractivity (Wildman–Crippen MR) is 127 cm³/mol. The smallest absolute Gasteiger partial charge is 0.328 e. The molecule has 0 radical (unpaired) electrons. The number of carbonyl (C=O) groups is 3. The molecule has 0 spiro atoms. The van der Waals surface area contributed by atoms with Crippen molar-refractivity contribution < 1.29 is 28.6 Å². The van der Waals surface area contributed by atoms with Gasteiger partial charge < -0.3 is 14.2 Å². The largest absolute Gasteiger partial charge is 0.469 e. The maximum Gasteiger partial charge on any atom is 0.328 e. The molecule has 0 saturated heterocycles. The molecule has 1 N–H and O–H groups in total.